The third kappa shape index (κ3) is 4.63. The van der Waals surface area contributed by atoms with Gasteiger partial charge >= 0.3 is 0 Å². The van der Waals surface area contributed by atoms with E-state index in [1.165, 1.54) is 4.88 Å². The third-order valence-electron chi connectivity index (χ3n) is 2.18. The Morgan fingerprint density at radius 2 is 2.38 bits per heavy atom. The quantitative estimate of drug-likeness (QED) is 0.756. The molecule has 3 nitrogen and oxygen atoms in total. The zero-order valence-corrected chi connectivity index (χ0v) is 11.9. The summed E-state index contributed by atoms with van der Waals surface area (Å²) >= 11 is 5.06. The van der Waals surface area contributed by atoms with E-state index in [9.17, 15) is 4.79 Å². The van der Waals surface area contributed by atoms with Crippen molar-refractivity contribution in [3.8, 4) is 0 Å². The second-order valence-corrected chi connectivity index (χ2v) is 5.49. The van der Waals surface area contributed by atoms with Crippen LogP contribution in [0.25, 0.3) is 0 Å². The Kier molecular flexibility index (Phi) is 6.01. The molecule has 0 aliphatic rings. The number of amides is 1. The number of nitrogens with zero attached hydrogens (tertiary/aromatic N) is 1. The molecule has 1 aromatic heterocycles. The predicted octanol–water partition coefficient (Wildman–Crippen LogP) is 2.90. The van der Waals surface area contributed by atoms with E-state index in [2.05, 4.69) is 15.9 Å². The first kappa shape index (κ1) is 13.7. The van der Waals surface area contributed by atoms with Crippen LogP contribution in [0.3, 0.4) is 0 Å². The van der Waals surface area contributed by atoms with Gasteiger partial charge in [0.15, 0.2) is 0 Å². The first-order chi connectivity index (χ1) is 7.63. The maximum atomic E-state index is 11.7. The minimum Gasteiger partial charge on any atom is -0.385 e. The van der Waals surface area contributed by atoms with Gasteiger partial charge in [-0.05, 0) is 28.4 Å². The van der Waals surface area contributed by atoms with Gasteiger partial charge in [0, 0.05) is 41.9 Å². The van der Waals surface area contributed by atoms with Crippen molar-refractivity contribution in [1.29, 1.82) is 0 Å². The lowest BCUT2D eigenvalue weighted by Gasteiger charge is -2.15. The van der Waals surface area contributed by atoms with Crippen molar-refractivity contribution in [2.24, 2.45) is 0 Å². The summed E-state index contributed by atoms with van der Waals surface area (Å²) in [5.74, 6) is 0.168. The van der Waals surface area contributed by atoms with Gasteiger partial charge in [-0.3, -0.25) is 4.79 Å². The highest BCUT2D eigenvalue weighted by atomic mass is 79.9. The van der Waals surface area contributed by atoms with Crippen molar-refractivity contribution in [2.75, 3.05) is 20.8 Å². The third-order valence-corrected chi connectivity index (χ3v) is 3.86. The summed E-state index contributed by atoms with van der Waals surface area (Å²) in [4.78, 5) is 14.6. The molecule has 5 heteroatoms. The molecule has 0 aromatic carbocycles. The van der Waals surface area contributed by atoms with Gasteiger partial charge in [-0.25, -0.2) is 0 Å². The van der Waals surface area contributed by atoms with E-state index >= 15 is 0 Å². The maximum Gasteiger partial charge on any atom is 0.222 e. The van der Waals surface area contributed by atoms with Crippen molar-refractivity contribution in [2.45, 2.75) is 19.4 Å². The van der Waals surface area contributed by atoms with Crippen LogP contribution in [-0.4, -0.2) is 31.6 Å². The smallest absolute Gasteiger partial charge is 0.222 e. The number of rotatable bonds is 6. The van der Waals surface area contributed by atoms with Crippen molar-refractivity contribution in [1.82, 2.24) is 4.90 Å². The molecular weight excluding hydrogens is 290 g/mol. The molecule has 1 rings (SSSR count). The second-order valence-electron chi connectivity index (χ2n) is 3.58. The lowest BCUT2D eigenvalue weighted by atomic mass is 10.3. The monoisotopic (exact) mass is 305 g/mol. The Morgan fingerprint density at radius 3 is 2.94 bits per heavy atom. The number of carbonyl (C=O) groups excluding carboxylic acids is 1. The minimum atomic E-state index is 0.168. The van der Waals surface area contributed by atoms with Gasteiger partial charge in [0.2, 0.25) is 5.91 Å². The summed E-state index contributed by atoms with van der Waals surface area (Å²) in [7, 11) is 3.49. The van der Waals surface area contributed by atoms with Gasteiger partial charge in [0.25, 0.3) is 0 Å². The number of methoxy groups -OCH3 is 1. The molecule has 0 spiro atoms. The van der Waals surface area contributed by atoms with Crippen LogP contribution in [-0.2, 0) is 16.1 Å². The fourth-order valence-electron chi connectivity index (χ4n) is 1.32. The number of hydrogen-bond acceptors (Lipinski definition) is 3. The molecule has 1 aromatic rings. The summed E-state index contributed by atoms with van der Waals surface area (Å²) < 4.78 is 6.00. The van der Waals surface area contributed by atoms with Crippen LogP contribution in [0.15, 0.2) is 15.9 Å². The van der Waals surface area contributed by atoms with E-state index in [1.807, 2.05) is 18.5 Å². The second kappa shape index (κ2) is 7.04. The fraction of sp³-hybridized carbons (Fsp3) is 0.545. The van der Waals surface area contributed by atoms with Gasteiger partial charge < -0.3 is 9.64 Å². The standard InChI is InChI=1S/C11H16BrNO2S/c1-13(11(14)4-3-5-15-2)7-10-6-9(12)8-16-10/h6,8H,3-5,7H2,1-2H3. The van der Waals surface area contributed by atoms with Gasteiger partial charge in [-0.1, -0.05) is 0 Å². The van der Waals surface area contributed by atoms with E-state index in [-0.39, 0.29) is 5.91 Å². The number of halogens is 1. The van der Waals surface area contributed by atoms with Gasteiger partial charge in [-0.15, -0.1) is 11.3 Å². The maximum absolute atomic E-state index is 11.7. The molecule has 0 radical (unpaired) electrons. The molecule has 0 N–H and O–H groups in total. The molecule has 1 heterocycles. The highest BCUT2D eigenvalue weighted by molar-refractivity contribution is 9.10. The first-order valence-electron chi connectivity index (χ1n) is 5.09. The molecule has 1 amide bonds. The molecule has 16 heavy (non-hydrogen) atoms. The average Bonchev–Trinajstić information content (AvgIpc) is 2.64. The lowest BCUT2D eigenvalue weighted by molar-refractivity contribution is -0.130. The largest absolute Gasteiger partial charge is 0.385 e. The van der Waals surface area contributed by atoms with Crippen LogP contribution >= 0.6 is 27.3 Å². The van der Waals surface area contributed by atoms with Crippen LogP contribution < -0.4 is 0 Å². The number of hydrogen-bond donors (Lipinski definition) is 0. The molecule has 90 valence electrons. The Hall–Kier alpha value is -0.390. The van der Waals surface area contributed by atoms with Gasteiger partial charge in [-0.2, -0.15) is 0 Å². The number of ether oxygens (including phenoxy) is 1. The summed E-state index contributed by atoms with van der Waals surface area (Å²) in [6, 6.07) is 2.05. The minimum absolute atomic E-state index is 0.168. The molecule has 0 unspecified atom stereocenters. The summed E-state index contributed by atoms with van der Waals surface area (Å²) in [6.45, 7) is 1.33. The molecule has 0 atom stereocenters. The molecule has 0 bridgehead atoms. The summed E-state index contributed by atoms with van der Waals surface area (Å²) in [6.07, 6.45) is 1.34. The van der Waals surface area contributed by atoms with Crippen molar-refractivity contribution >= 4 is 33.2 Å². The molecule has 0 aliphatic heterocycles. The SMILES string of the molecule is COCCCC(=O)N(C)Cc1cc(Br)cs1. The Balaban J connectivity index is 2.34. The van der Waals surface area contributed by atoms with Gasteiger partial charge in [0.05, 0.1) is 6.54 Å². The first-order valence-corrected chi connectivity index (χ1v) is 6.76. The molecule has 0 saturated carbocycles. The topological polar surface area (TPSA) is 29.5 Å². The molecule has 0 saturated heterocycles. The zero-order valence-electron chi connectivity index (χ0n) is 9.53. The average molecular weight is 306 g/mol. The highest BCUT2D eigenvalue weighted by Crippen LogP contribution is 2.20. The van der Waals surface area contributed by atoms with Crippen LogP contribution in [0.5, 0.6) is 0 Å². The zero-order chi connectivity index (χ0) is 12.0. The van der Waals surface area contributed by atoms with E-state index < -0.39 is 0 Å². The van der Waals surface area contributed by atoms with Crippen LogP contribution in [0, 0.1) is 0 Å². The van der Waals surface area contributed by atoms with Crippen LogP contribution in [0.4, 0.5) is 0 Å². The van der Waals surface area contributed by atoms with Gasteiger partial charge in [0.1, 0.15) is 0 Å². The highest BCUT2D eigenvalue weighted by Gasteiger charge is 2.09. The van der Waals surface area contributed by atoms with Crippen molar-refractivity contribution < 1.29 is 9.53 Å². The Bertz CT molecular complexity index is 340. The Morgan fingerprint density at radius 1 is 1.62 bits per heavy atom. The van der Waals surface area contributed by atoms with E-state index in [1.54, 1.807) is 23.3 Å². The fourth-order valence-corrected chi connectivity index (χ4v) is 2.82. The van der Waals surface area contributed by atoms with E-state index in [4.69, 9.17) is 4.74 Å². The molecule has 0 aliphatic carbocycles. The van der Waals surface area contributed by atoms with Crippen molar-refractivity contribution in [3.05, 3.63) is 20.8 Å². The number of thiophene rings is 1. The lowest BCUT2D eigenvalue weighted by Crippen LogP contribution is -2.25. The Labute approximate surface area is 109 Å². The normalized spacial score (nSPS) is 10.4. The summed E-state index contributed by atoms with van der Waals surface area (Å²) in [5, 5.41) is 2.03. The van der Waals surface area contributed by atoms with Crippen LogP contribution in [0.2, 0.25) is 0 Å². The van der Waals surface area contributed by atoms with E-state index in [0.717, 1.165) is 10.9 Å². The van der Waals surface area contributed by atoms with Crippen molar-refractivity contribution in [3.63, 3.8) is 0 Å². The van der Waals surface area contributed by atoms with E-state index in [0.29, 0.717) is 19.6 Å². The molecular formula is C11H16BrNO2S. The molecule has 0 fully saturated rings. The predicted molar refractivity (Wildman–Crippen MR) is 69.6 cm³/mol. The number of carbonyl (C=O) groups is 1. The summed E-state index contributed by atoms with van der Waals surface area (Å²) in [5.41, 5.74) is 0. The van der Waals surface area contributed by atoms with Crippen LogP contribution in [0.1, 0.15) is 17.7 Å².